The Morgan fingerprint density at radius 1 is 1.23 bits per heavy atom. The van der Waals surface area contributed by atoms with Gasteiger partial charge in [0.25, 0.3) is 5.91 Å². The van der Waals surface area contributed by atoms with Crippen LogP contribution in [0.3, 0.4) is 0 Å². The van der Waals surface area contributed by atoms with E-state index in [-0.39, 0.29) is 17.8 Å². The fraction of sp³-hybridized carbons (Fsp3) is 0.316. The van der Waals surface area contributed by atoms with Crippen molar-refractivity contribution < 1.29 is 22.8 Å². The van der Waals surface area contributed by atoms with Crippen molar-refractivity contribution in [3.05, 3.63) is 53.4 Å². The lowest BCUT2D eigenvalue weighted by Crippen LogP contribution is -2.31. The lowest BCUT2D eigenvalue weighted by atomic mass is 10.1. The molecule has 2 unspecified atom stereocenters. The number of nitrogens with one attached hydrogen (secondary N) is 1. The van der Waals surface area contributed by atoms with E-state index in [0.717, 1.165) is 12.6 Å². The predicted molar refractivity (Wildman–Crippen MR) is 103 cm³/mol. The van der Waals surface area contributed by atoms with Crippen molar-refractivity contribution in [3.63, 3.8) is 0 Å². The van der Waals surface area contributed by atoms with Crippen LogP contribution in [-0.2, 0) is 11.0 Å². The van der Waals surface area contributed by atoms with Crippen LogP contribution in [-0.4, -0.2) is 55.8 Å². The number of nitrogens with zero attached hydrogens (tertiary/aromatic N) is 4. The number of primary amides is 1. The van der Waals surface area contributed by atoms with Gasteiger partial charge in [-0.25, -0.2) is 15.0 Å². The number of alkyl halides is 3. The summed E-state index contributed by atoms with van der Waals surface area (Å²) in [5.74, 6) is -3.04. The van der Waals surface area contributed by atoms with Gasteiger partial charge >= 0.3 is 6.18 Å². The number of rotatable bonds is 4. The molecular weight excluding hydrogens is 415 g/mol. The number of carbonyl (C=O) groups excluding carboxylic acids is 2. The molecule has 1 fully saturated rings. The molecule has 31 heavy (non-hydrogen) atoms. The number of aromatic amines is 1. The maximum Gasteiger partial charge on any atom is 0.433 e. The molecule has 1 aliphatic rings. The Hall–Kier alpha value is -3.54. The number of carbonyl (C=O) groups is 2. The van der Waals surface area contributed by atoms with Gasteiger partial charge in [-0.2, -0.15) is 13.2 Å². The molecule has 2 aromatic heterocycles. The maximum atomic E-state index is 13.0. The Morgan fingerprint density at radius 3 is 2.65 bits per heavy atom. The molecule has 12 heteroatoms. The molecule has 1 saturated heterocycles. The highest BCUT2D eigenvalue weighted by atomic mass is 19.4. The first-order valence-electron chi connectivity index (χ1n) is 9.37. The van der Waals surface area contributed by atoms with Crippen LogP contribution in [0.5, 0.6) is 0 Å². The third kappa shape index (κ3) is 4.06. The topological polar surface area (TPSA) is 144 Å². The maximum absolute atomic E-state index is 13.0. The Bertz CT molecular complexity index is 1160. The van der Waals surface area contributed by atoms with E-state index in [1.54, 1.807) is 23.1 Å². The molecule has 1 aromatic carbocycles. The standard InChI is InChI=1S/C19H18F3N7O2/c20-19(21,22)13-3-5-25-16(28-13)14(15(24)30)17-26-11-2-1-9(7-12(11)27-17)18(31)29-6-4-10(23)8-29/h1-3,5,7,10,14H,4,6,8,23H2,(H2,24,30)(H,26,27). The van der Waals surface area contributed by atoms with Gasteiger partial charge in [-0.3, -0.25) is 9.59 Å². The summed E-state index contributed by atoms with van der Waals surface area (Å²) in [6.45, 7) is 1.02. The van der Waals surface area contributed by atoms with Crippen LogP contribution in [0.4, 0.5) is 13.2 Å². The van der Waals surface area contributed by atoms with Crippen LogP contribution in [0.1, 0.15) is 40.0 Å². The van der Waals surface area contributed by atoms with Crippen molar-refractivity contribution in [2.45, 2.75) is 24.6 Å². The lowest BCUT2D eigenvalue weighted by molar-refractivity contribution is -0.141. The lowest BCUT2D eigenvalue weighted by Gasteiger charge is -2.15. The number of hydrogen-bond donors (Lipinski definition) is 3. The molecule has 5 N–H and O–H groups in total. The fourth-order valence-corrected chi connectivity index (χ4v) is 3.51. The molecule has 0 saturated carbocycles. The van der Waals surface area contributed by atoms with E-state index in [9.17, 15) is 22.8 Å². The number of imidazole rings is 1. The van der Waals surface area contributed by atoms with Gasteiger partial charge in [0.05, 0.1) is 11.0 Å². The number of nitrogens with two attached hydrogens (primary N) is 2. The van der Waals surface area contributed by atoms with E-state index >= 15 is 0 Å². The number of fused-ring (bicyclic) bond motifs is 1. The van der Waals surface area contributed by atoms with E-state index < -0.39 is 29.5 Å². The van der Waals surface area contributed by atoms with Gasteiger partial charge in [-0.15, -0.1) is 0 Å². The Balaban J connectivity index is 1.69. The second-order valence-corrected chi connectivity index (χ2v) is 7.29. The van der Waals surface area contributed by atoms with Crippen molar-refractivity contribution in [1.29, 1.82) is 0 Å². The normalized spacial score (nSPS) is 17.8. The molecular formula is C19H18F3N7O2. The third-order valence-electron chi connectivity index (χ3n) is 5.04. The summed E-state index contributed by atoms with van der Waals surface area (Å²) in [7, 11) is 0. The molecule has 2 atom stereocenters. The number of likely N-dealkylation sites (tertiary alicyclic amines) is 1. The van der Waals surface area contributed by atoms with Crippen molar-refractivity contribution in [1.82, 2.24) is 24.8 Å². The summed E-state index contributed by atoms with van der Waals surface area (Å²) in [4.78, 5) is 40.7. The van der Waals surface area contributed by atoms with E-state index in [1.165, 1.54) is 0 Å². The molecule has 3 aromatic rings. The van der Waals surface area contributed by atoms with Gasteiger partial charge in [-0.05, 0) is 30.7 Å². The van der Waals surface area contributed by atoms with E-state index in [0.29, 0.717) is 35.8 Å². The van der Waals surface area contributed by atoms with Gasteiger partial charge in [0.1, 0.15) is 17.3 Å². The smallest absolute Gasteiger partial charge is 0.369 e. The van der Waals surface area contributed by atoms with Gasteiger partial charge in [0, 0.05) is 30.9 Å². The second-order valence-electron chi connectivity index (χ2n) is 7.29. The Labute approximate surface area is 173 Å². The van der Waals surface area contributed by atoms with Crippen molar-refractivity contribution >= 4 is 22.8 Å². The average molecular weight is 433 g/mol. The molecule has 162 valence electrons. The number of H-pyrrole nitrogens is 1. The van der Waals surface area contributed by atoms with Gasteiger partial charge < -0.3 is 21.4 Å². The molecule has 0 aliphatic carbocycles. The highest BCUT2D eigenvalue weighted by molar-refractivity contribution is 5.97. The highest BCUT2D eigenvalue weighted by Crippen LogP contribution is 2.29. The van der Waals surface area contributed by atoms with E-state index in [1.807, 2.05) is 0 Å². The number of hydrogen-bond acceptors (Lipinski definition) is 6. The van der Waals surface area contributed by atoms with Crippen LogP contribution in [0.25, 0.3) is 11.0 Å². The molecule has 9 nitrogen and oxygen atoms in total. The summed E-state index contributed by atoms with van der Waals surface area (Å²) < 4.78 is 39.0. The zero-order valence-electron chi connectivity index (χ0n) is 16.1. The number of halogens is 3. The summed E-state index contributed by atoms with van der Waals surface area (Å²) in [5, 5.41) is 0. The predicted octanol–water partition coefficient (Wildman–Crippen LogP) is 1.16. The first kappa shape index (κ1) is 20.7. The first-order valence-corrected chi connectivity index (χ1v) is 9.37. The van der Waals surface area contributed by atoms with E-state index in [2.05, 4.69) is 19.9 Å². The summed E-state index contributed by atoms with van der Waals surface area (Å²) in [5.41, 5.74) is 11.3. The number of aromatic nitrogens is 4. The summed E-state index contributed by atoms with van der Waals surface area (Å²) in [6.07, 6.45) is -3.08. The average Bonchev–Trinajstić information content (AvgIpc) is 3.32. The number of amides is 2. The van der Waals surface area contributed by atoms with Crippen LogP contribution < -0.4 is 11.5 Å². The molecule has 0 radical (unpaired) electrons. The summed E-state index contributed by atoms with van der Waals surface area (Å²) >= 11 is 0. The molecule has 2 amide bonds. The zero-order valence-corrected chi connectivity index (χ0v) is 16.1. The minimum absolute atomic E-state index is 0.0189. The van der Waals surface area contributed by atoms with Crippen LogP contribution >= 0.6 is 0 Å². The molecule has 0 bridgehead atoms. The molecule has 0 spiro atoms. The van der Waals surface area contributed by atoms with Crippen LogP contribution in [0, 0.1) is 0 Å². The minimum atomic E-state index is -4.71. The monoisotopic (exact) mass is 433 g/mol. The van der Waals surface area contributed by atoms with Gasteiger partial charge in [0.15, 0.2) is 5.92 Å². The van der Waals surface area contributed by atoms with Gasteiger partial charge in [-0.1, -0.05) is 0 Å². The quantitative estimate of drug-likeness (QED) is 0.563. The Kier molecular flexibility index (Phi) is 5.09. The van der Waals surface area contributed by atoms with Gasteiger partial charge in [0.2, 0.25) is 5.91 Å². The SMILES string of the molecule is NC(=O)C(c1nccc(C(F)(F)F)n1)c1nc2ccc(C(=O)N3CCC(N)C3)cc2[nH]1. The molecule has 4 rings (SSSR count). The van der Waals surface area contributed by atoms with Crippen molar-refractivity contribution in [3.8, 4) is 0 Å². The fourth-order valence-electron chi connectivity index (χ4n) is 3.51. The second kappa shape index (κ2) is 7.61. The van der Waals surface area contributed by atoms with Crippen LogP contribution in [0.15, 0.2) is 30.5 Å². The van der Waals surface area contributed by atoms with Crippen molar-refractivity contribution in [2.24, 2.45) is 11.5 Å². The number of benzene rings is 1. The summed E-state index contributed by atoms with van der Waals surface area (Å²) in [6, 6.07) is 5.35. The first-order chi connectivity index (χ1) is 14.6. The zero-order chi connectivity index (χ0) is 22.3. The van der Waals surface area contributed by atoms with Crippen molar-refractivity contribution in [2.75, 3.05) is 13.1 Å². The van der Waals surface area contributed by atoms with E-state index in [4.69, 9.17) is 11.5 Å². The highest BCUT2D eigenvalue weighted by Gasteiger charge is 2.35. The molecule has 3 heterocycles. The van der Waals surface area contributed by atoms with Crippen LogP contribution in [0.2, 0.25) is 0 Å². The largest absolute Gasteiger partial charge is 0.433 e. The third-order valence-corrected chi connectivity index (χ3v) is 5.04. The Morgan fingerprint density at radius 2 is 2.00 bits per heavy atom. The molecule has 1 aliphatic heterocycles. The minimum Gasteiger partial charge on any atom is -0.369 e.